The van der Waals surface area contributed by atoms with E-state index in [-0.39, 0.29) is 5.82 Å². The lowest BCUT2D eigenvalue weighted by Crippen LogP contribution is -2.15. The first-order valence-electron chi connectivity index (χ1n) is 6.20. The van der Waals surface area contributed by atoms with Crippen LogP contribution in [-0.4, -0.2) is 43.3 Å². The molecular weight excluding hydrogens is 278 g/mol. The molecule has 7 heteroatoms. The quantitative estimate of drug-likeness (QED) is 0.838. The molecule has 1 aromatic carbocycles. The molecule has 1 atom stereocenters. The molecule has 0 amide bonds. The maximum atomic E-state index is 11.4. The van der Waals surface area contributed by atoms with E-state index in [4.69, 9.17) is 5.11 Å². The van der Waals surface area contributed by atoms with Crippen molar-refractivity contribution < 1.29 is 14.1 Å². The van der Waals surface area contributed by atoms with Gasteiger partial charge in [0.15, 0.2) is 0 Å². The summed E-state index contributed by atoms with van der Waals surface area (Å²) in [6.07, 6.45) is 0. The van der Waals surface area contributed by atoms with Crippen LogP contribution in [0.25, 0.3) is 10.9 Å². The number of aromatic carboxylic acids is 1. The number of carboxylic acids is 1. The molecule has 6 nitrogen and oxygen atoms in total. The molecular formula is C13H15N3O3S. The van der Waals surface area contributed by atoms with Crippen molar-refractivity contribution in [3.05, 3.63) is 30.1 Å². The topological polar surface area (TPSA) is 92.2 Å². The van der Waals surface area contributed by atoms with Crippen LogP contribution in [0.1, 0.15) is 17.5 Å². The van der Waals surface area contributed by atoms with Crippen LogP contribution in [0.2, 0.25) is 0 Å². The van der Waals surface area contributed by atoms with Crippen molar-refractivity contribution in [3.8, 4) is 0 Å². The Morgan fingerprint density at radius 2 is 2.10 bits per heavy atom. The Kier molecular flexibility index (Phi) is 4.62. The van der Waals surface area contributed by atoms with Crippen LogP contribution < -0.4 is 5.32 Å². The number of hydrogen-bond donors (Lipinski definition) is 2. The average molecular weight is 293 g/mol. The highest BCUT2D eigenvalue weighted by molar-refractivity contribution is 7.84. The number of anilines is 1. The normalized spacial score (nSPS) is 12.2. The summed E-state index contributed by atoms with van der Waals surface area (Å²) < 4.78 is 11.4. The zero-order valence-electron chi connectivity index (χ0n) is 11.0. The first kappa shape index (κ1) is 14.4. The lowest BCUT2D eigenvalue weighted by molar-refractivity contribution is 0.0684. The van der Waals surface area contributed by atoms with Gasteiger partial charge in [-0.15, -0.1) is 0 Å². The highest BCUT2D eigenvalue weighted by atomic mass is 32.2. The van der Waals surface area contributed by atoms with Crippen molar-refractivity contribution in [1.29, 1.82) is 0 Å². The van der Waals surface area contributed by atoms with Crippen LogP contribution >= 0.6 is 0 Å². The van der Waals surface area contributed by atoms with E-state index in [9.17, 15) is 9.00 Å². The van der Waals surface area contributed by atoms with Gasteiger partial charge in [-0.3, -0.25) is 4.21 Å². The van der Waals surface area contributed by atoms with Gasteiger partial charge in [-0.25, -0.2) is 14.8 Å². The van der Waals surface area contributed by atoms with E-state index in [1.165, 1.54) is 0 Å². The summed E-state index contributed by atoms with van der Waals surface area (Å²) >= 11 is 0. The van der Waals surface area contributed by atoms with Gasteiger partial charge in [0.05, 0.1) is 5.52 Å². The van der Waals surface area contributed by atoms with Gasteiger partial charge >= 0.3 is 5.97 Å². The maximum Gasteiger partial charge on any atom is 0.374 e. The van der Waals surface area contributed by atoms with E-state index < -0.39 is 16.8 Å². The van der Waals surface area contributed by atoms with Gasteiger partial charge in [0.2, 0.25) is 5.82 Å². The fraction of sp³-hybridized carbons (Fsp3) is 0.308. The van der Waals surface area contributed by atoms with E-state index in [1.807, 2.05) is 19.1 Å². The third-order valence-corrected chi connectivity index (χ3v) is 4.04. The first-order chi connectivity index (χ1) is 9.61. The second-order valence-corrected chi connectivity index (χ2v) is 5.94. The van der Waals surface area contributed by atoms with Crippen LogP contribution in [0.5, 0.6) is 0 Å². The SMILES string of the molecule is CCS(=O)CCNc1nc(C(=O)O)nc2ccccc12. The molecule has 0 bridgehead atoms. The first-order valence-corrected chi connectivity index (χ1v) is 7.69. The molecule has 0 radical (unpaired) electrons. The molecule has 2 aromatic rings. The smallest absolute Gasteiger partial charge is 0.374 e. The number of nitrogens with one attached hydrogen (secondary N) is 1. The van der Waals surface area contributed by atoms with E-state index >= 15 is 0 Å². The molecule has 0 saturated heterocycles. The Labute approximate surface area is 118 Å². The number of nitrogens with zero attached hydrogens (tertiary/aromatic N) is 2. The molecule has 0 aliphatic heterocycles. The molecule has 20 heavy (non-hydrogen) atoms. The molecule has 2 N–H and O–H groups in total. The zero-order chi connectivity index (χ0) is 14.5. The molecule has 0 fully saturated rings. The summed E-state index contributed by atoms with van der Waals surface area (Å²) in [4.78, 5) is 19.0. The number of carbonyl (C=O) groups is 1. The van der Waals surface area contributed by atoms with E-state index in [0.29, 0.717) is 29.4 Å². The summed E-state index contributed by atoms with van der Waals surface area (Å²) in [6, 6.07) is 7.18. The maximum absolute atomic E-state index is 11.4. The Balaban J connectivity index is 2.30. The second kappa shape index (κ2) is 6.42. The van der Waals surface area contributed by atoms with E-state index in [1.54, 1.807) is 12.1 Å². The fourth-order valence-corrected chi connectivity index (χ4v) is 2.35. The van der Waals surface area contributed by atoms with Crippen LogP contribution in [0.15, 0.2) is 24.3 Å². The van der Waals surface area contributed by atoms with Crippen molar-refractivity contribution in [2.24, 2.45) is 0 Å². The molecule has 1 aromatic heterocycles. The summed E-state index contributed by atoms with van der Waals surface area (Å²) in [5.41, 5.74) is 0.569. The second-order valence-electron chi connectivity index (χ2n) is 4.08. The number of benzene rings is 1. The minimum absolute atomic E-state index is 0.247. The van der Waals surface area contributed by atoms with Gasteiger partial charge in [-0.05, 0) is 12.1 Å². The summed E-state index contributed by atoms with van der Waals surface area (Å²) in [7, 11) is -0.871. The van der Waals surface area contributed by atoms with Crippen LogP contribution in [0.4, 0.5) is 5.82 Å². The van der Waals surface area contributed by atoms with Gasteiger partial charge < -0.3 is 10.4 Å². The standard InChI is InChI=1S/C13H15N3O3S/c1-2-20(19)8-7-14-11-9-5-3-4-6-10(9)15-12(16-11)13(17)18/h3-6H,2,7-8H2,1H3,(H,17,18)(H,14,15,16). The molecule has 0 spiro atoms. The largest absolute Gasteiger partial charge is 0.475 e. The Bertz CT molecular complexity index is 660. The van der Waals surface area contributed by atoms with Crippen molar-refractivity contribution in [2.45, 2.75) is 6.92 Å². The molecule has 0 aliphatic rings. The monoisotopic (exact) mass is 293 g/mol. The highest BCUT2D eigenvalue weighted by Crippen LogP contribution is 2.19. The number of hydrogen-bond acceptors (Lipinski definition) is 5. The molecule has 1 heterocycles. The van der Waals surface area contributed by atoms with Crippen LogP contribution in [0, 0.1) is 0 Å². The fourth-order valence-electron chi connectivity index (χ4n) is 1.73. The number of fused-ring (bicyclic) bond motifs is 1. The molecule has 2 rings (SSSR count). The summed E-state index contributed by atoms with van der Waals surface area (Å²) in [5, 5.41) is 12.8. The third-order valence-electron chi connectivity index (χ3n) is 2.74. The third kappa shape index (κ3) is 3.30. The number of rotatable bonds is 6. The van der Waals surface area contributed by atoms with Crippen LogP contribution in [0.3, 0.4) is 0 Å². The number of para-hydroxylation sites is 1. The Hall–Kier alpha value is -2.02. The van der Waals surface area contributed by atoms with Crippen LogP contribution in [-0.2, 0) is 10.8 Å². The van der Waals surface area contributed by atoms with Crippen molar-refractivity contribution in [2.75, 3.05) is 23.4 Å². The lowest BCUT2D eigenvalue weighted by atomic mass is 10.2. The van der Waals surface area contributed by atoms with Crippen molar-refractivity contribution in [3.63, 3.8) is 0 Å². The minimum Gasteiger partial charge on any atom is -0.475 e. The van der Waals surface area contributed by atoms with E-state index in [0.717, 1.165) is 5.39 Å². The zero-order valence-corrected chi connectivity index (χ0v) is 11.8. The minimum atomic E-state index is -1.17. The van der Waals surface area contributed by atoms with Gasteiger partial charge in [-0.2, -0.15) is 0 Å². The number of aromatic nitrogens is 2. The highest BCUT2D eigenvalue weighted by Gasteiger charge is 2.12. The van der Waals surface area contributed by atoms with Gasteiger partial charge in [0.1, 0.15) is 5.82 Å². The lowest BCUT2D eigenvalue weighted by Gasteiger charge is -2.09. The summed E-state index contributed by atoms with van der Waals surface area (Å²) in [6.45, 7) is 2.33. The van der Waals surface area contributed by atoms with Gasteiger partial charge in [-0.1, -0.05) is 19.1 Å². The Morgan fingerprint density at radius 1 is 1.35 bits per heavy atom. The van der Waals surface area contributed by atoms with Crippen molar-refractivity contribution >= 4 is 33.5 Å². The predicted molar refractivity (Wildman–Crippen MR) is 78.5 cm³/mol. The van der Waals surface area contributed by atoms with Gasteiger partial charge in [0.25, 0.3) is 0 Å². The van der Waals surface area contributed by atoms with Crippen molar-refractivity contribution in [1.82, 2.24) is 9.97 Å². The predicted octanol–water partition coefficient (Wildman–Crippen LogP) is 1.51. The summed E-state index contributed by atoms with van der Waals surface area (Å²) in [5.74, 6) is 0.143. The Morgan fingerprint density at radius 3 is 2.80 bits per heavy atom. The molecule has 0 aliphatic carbocycles. The average Bonchev–Trinajstić information content (AvgIpc) is 2.46. The van der Waals surface area contributed by atoms with Gasteiger partial charge in [0, 0.05) is 34.2 Å². The molecule has 0 saturated carbocycles. The molecule has 106 valence electrons. The molecule has 1 unspecified atom stereocenters. The number of carboxylic acid groups (broad SMARTS) is 1. The van der Waals surface area contributed by atoms with E-state index in [2.05, 4.69) is 15.3 Å².